The summed E-state index contributed by atoms with van der Waals surface area (Å²) in [5.41, 5.74) is 2.01. The number of para-hydroxylation sites is 1. The molecule has 2 saturated carbocycles. The van der Waals surface area contributed by atoms with Crippen LogP contribution in [0.1, 0.15) is 43.7 Å². The molecule has 2 bridgehead atoms. The molecule has 178 valence electrons. The van der Waals surface area contributed by atoms with Gasteiger partial charge in [0.05, 0.1) is 0 Å². The van der Waals surface area contributed by atoms with Crippen LogP contribution in [0.2, 0.25) is 0 Å². The number of aromatic amines is 1. The highest BCUT2D eigenvalue weighted by Crippen LogP contribution is 2.45. The predicted molar refractivity (Wildman–Crippen MR) is 132 cm³/mol. The highest BCUT2D eigenvalue weighted by Gasteiger charge is 2.43. The summed E-state index contributed by atoms with van der Waals surface area (Å²) in [4.78, 5) is 29.7. The van der Waals surface area contributed by atoms with Gasteiger partial charge in [-0.1, -0.05) is 48.5 Å². The average Bonchev–Trinajstić information content (AvgIpc) is 3.56. The van der Waals surface area contributed by atoms with E-state index in [4.69, 9.17) is 4.74 Å². The molecule has 2 fully saturated rings. The largest absolute Gasteiger partial charge is 0.446 e. The normalized spacial score (nSPS) is 22.9. The highest BCUT2D eigenvalue weighted by molar-refractivity contribution is 5.91. The van der Waals surface area contributed by atoms with E-state index in [1.54, 1.807) is 6.92 Å². The molecule has 3 N–H and O–H groups in total. The van der Waals surface area contributed by atoms with Gasteiger partial charge in [-0.15, -0.1) is 0 Å². The molecule has 1 aromatic heterocycles. The van der Waals surface area contributed by atoms with E-state index in [0.717, 1.165) is 47.7 Å². The van der Waals surface area contributed by atoms with Crippen LogP contribution in [-0.4, -0.2) is 35.2 Å². The van der Waals surface area contributed by atoms with E-state index in [-0.39, 0.29) is 12.0 Å². The average molecular weight is 460 g/mol. The Morgan fingerprint density at radius 1 is 1.06 bits per heavy atom. The maximum atomic E-state index is 13.4. The standard InChI is InChI=1S/C28H33N3O3/c1-28(17-22-18-30-24-10-6-5-9-23(22)24,26(32)29-14-13-19-7-3-2-4-8-19)31-27(33)34-25-16-20-11-12-21(25)15-20/h2-10,18,20-21,25,30H,11-17H2,1H3,(H,29,32)(H,31,33)/t20-,21+,25+,28?/m0/s1. The van der Waals surface area contributed by atoms with Crippen molar-refractivity contribution in [3.8, 4) is 0 Å². The van der Waals surface area contributed by atoms with Crippen molar-refractivity contribution in [3.63, 3.8) is 0 Å². The lowest BCUT2D eigenvalue weighted by Gasteiger charge is -2.31. The first-order valence-electron chi connectivity index (χ1n) is 12.4. The molecule has 0 spiro atoms. The summed E-state index contributed by atoms with van der Waals surface area (Å²) in [6, 6.07) is 18.0. The SMILES string of the molecule is CC(Cc1c[nH]c2ccccc12)(NC(=O)O[C@@H]1C[C@H]2CC[C@@H]1C2)C(=O)NCCc1ccccc1. The van der Waals surface area contributed by atoms with Crippen LogP contribution >= 0.6 is 0 Å². The zero-order valence-electron chi connectivity index (χ0n) is 19.7. The Morgan fingerprint density at radius 3 is 2.62 bits per heavy atom. The fourth-order valence-electron chi connectivity index (χ4n) is 5.72. The third-order valence-corrected chi connectivity index (χ3v) is 7.57. The first-order chi connectivity index (χ1) is 16.5. The smallest absolute Gasteiger partial charge is 0.408 e. The molecule has 0 saturated heterocycles. The molecule has 5 rings (SSSR count). The molecule has 6 nitrogen and oxygen atoms in total. The lowest BCUT2D eigenvalue weighted by Crippen LogP contribution is -2.59. The Labute approximate surface area is 200 Å². The van der Waals surface area contributed by atoms with Crippen LogP contribution < -0.4 is 10.6 Å². The molecular formula is C28H33N3O3. The van der Waals surface area contributed by atoms with Crippen LogP contribution in [0.15, 0.2) is 60.8 Å². The minimum absolute atomic E-state index is 0.0303. The number of nitrogens with one attached hydrogen (secondary N) is 3. The van der Waals surface area contributed by atoms with Gasteiger partial charge in [0, 0.05) is 30.1 Å². The number of carbonyl (C=O) groups excluding carboxylic acids is 2. The third kappa shape index (κ3) is 4.81. The van der Waals surface area contributed by atoms with Crippen LogP contribution in [0.4, 0.5) is 4.79 Å². The molecule has 6 heteroatoms. The zero-order valence-corrected chi connectivity index (χ0v) is 19.7. The molecule has 1 unspecified atom stereocenters. The molecule has 2 aliphatic carbocycles. The number of ether oxygens (including phenoxy) is 1. The van der Waals surface area contributed by atoms with E-state index in [9.17, 15) is 9.59 Å². The molecule has 2 aromatic carbocycles. The van der Waals surface area contributed by atoms with Gasteiger partial charge >= 0.3 is 6.09 Å². The summed E-state index contributed by atoms with van der Waals surface area (Å²) in [7, 11) is 0. The summed E-state index contributed by atoms with van der Waals surface area (Å²) >= 11 is 0. The fourth-order valence-corrected chi connectivity index (χ4v) is 5.72. The lowest BCUT2D eigenvalue weighted by atomic mass is 9.91. The van der Waals surface area contributed by atoms with Crippen molar-refractivity contribution in [3.05, 3.63) is 71.9 Å². The van der Waals surface area contributed by atoms with Crippen molar-refractivity contribution >= 4 is 22.9 Å². The molecule has 4 atom stereocenters. The first kappa shape index (κ1) is 22.5. The van der Waals surface area contributed by atoms with Crippen LogP contribution in [0, 0.1) is 11.8 Å². The van der Waals surface area contributed by atoms with E-state index in [1.165, 1.54) is 6.42 Å². The van der Waals surface area contributed by atoms with Gasteiger partial charge in [0.25, 0.3) is 0 Å². The van der Waals surface area contributed by atoms with Crippen molar-refractivity contribution in [2.75, 3.05) is 6.54 Å². The Balaban J connectivity index is 1.29. The van der Waals surface area contributed by atoms with Gasteiger partial charge in [0.15, 0.2) is 0 Å². The monoisotopic (exact) mass is 459 g/mol. The Morgan fingerprint density at radius 2 is 1.85 bits per heavy atom. The van der Waals surface area contributed by atoms with Crippen LogP contribution in [0.3, 0.4) is 0 Å². The van der Waals surface area contributed by atoms with Gasteiger partial charge in [0.1, 0.15) is 11.6 Å². The van der Waals surface area contributed by atoms with Crippen molar-refractivity contribution < 1.29 is 14.3 Å². The number of benzene rings is 2. The summed E-state index contributed by atoms with van der Waals surface area (Å²) < 4.78 is 5.83. The summed E-state index contributed by atoms with van der Waals surface area (Å²) in [6.45, 7) is 2.28. The van der Waals surface area contributed by atoms with Crippen molar-refractivity contribution in [2.24, 2.45) is 11.8 Å². The van der Waals surface area contributed by atoms with E-state index < -0.39 is 11.6 Å². The number of hydrogen-bond acceptors (Lipinski definition) is 3. The number of amides is 2. The second-order valence-electron chi connectivity index (χ2n) is 10.1. The molecule has 0 radical (unpaired) electrons. The topological polar surface area (TPSA) is 83.2 Å². The Kier molecular flexibility index (Phi) is 6.31. The second kappa shape index (κ2) is 9.53. The molecule has 2 amide bonds. The van der Waals surface area contributed by atoms with Crippen molar-refractivity contribution in [1.82, 2.24) is 15.6 Å². The van der Waals surface area contributed by atoms with Crippen LogP contribution in [0.25, 0.3) is 10.9 Å². The number of fused-ring (bicyclic) bond motifs is 3. The summed E-state index contributed by atoms with van der Waals surface area (Å²) in [5.74, 6) is 0.940. The maximum Gasteiger partial charge on any atom is 0.408 e. The van der Waals surface area contributed by atoms with Crippen LogP contribution in [-0.2, 0) is 22.4 Å². The van der Waals surface area contributed by atoms with Gasteiger partial charge in [-0.05, 0) is 68.1 Å². The minimum Gasteiger partial charge on any atom is -0.446 e. The Hall–Kier alpha value is -3.28. The number of hydrogen-bond donors (Lipinski definition) is 3. The minimum atomic E-state index is -1.14. The van der Waals surface area contributed by atoms with Gasteiger partial charge in [-0.2, -0.15) is 0 Å². The number of H-pyrrole nitrogens is 1. The number of rotatable bonds is 8. The summed E-state index contributed by atoms with van der Waals surface area (Å²) in [5, 5.41) is 7.03. The van der Waals surface area contributed by atoms with Gasteiger partial charge in [0.2, 0.25) is 5.91 Å². The number of aromatic nitrogens is 1. The van der Waals surface area contributed by atoms with E-state index in [0.29, 0.717) is 24.8 Å². The van der Waals surface area contributed by atoms with E-state index in [1.807, 2.05) is 60.8 Å². The highest BCUT2D eigenvalue weighted by atomic mass is 16.6. The molecule has 2 aliphatic rings. The van der Waals surface area contributed by atoms with Crippen LogP contribution in [0.5, 0.6) is 0 Å². The third-order valence-electron chi connectivity index (χ3n) is 7.57. The van der Waals surface area contributed by atoms with Crippen molar-refractivity contribution in [1.29, 1.82) is 0 Å². The fraction of sp³-hybridized carbons (Fsp3) is 0.429. The zero-order chi connectivity index (χ0) is 23.5. The second-order valence-corrected chi connectivity index (χ2v) is 10.1. The van der Waals surface area contributed by atoms with Gasteiger partial charge in [-0.25, -0.2) is 4.79 Å². The first-order valence-corrected chi connectivity index (χ1v) is 12.4. The number of alkyl carbamates (subject to hydrolysis) is 1. The molecule has 34 heavy (non-hydrogen) atoms. The molecule has 3 aromatic rings. The van der Waals surface area contributed by atoms with Gasteiger partial charge in [-0.3, -0.25) is 4.79 Å². The molecule has 0 aliphatic heterocycles. The summed E-state index contributed by atoms with van der Waals surface area (Å²) in [6.07, 6.45) is 6.96. The van der Waals surface area contributed by atoms with Gasteiger partial charge < -0.3 is 20.4 Å². The quantitative estimate of drug-likeness (QED) is 0.455. The lowest BCUT2D eigenvalue weighted by molar-refractivity contribution is -0.127. The van der Waals surface area contributed by atoms with Crippen molar-refractivity contribution in [2.45, 2.75) is 57.1 Å². The van der Waals surface area contributed by atoms with E-state index >= 15 is 0 Å². The molecular weight excluding hydrogens is 426 g/mol. The maximum absolute atomic E-state index is 13.4. The Bertz CT molecular complexity index is 1160. The molecule has 1 heterocycles. The van der Waals surface area contributed by atoms with E-state index in [2.05, 4.69) is 15.6 Å². The predicted octanol–water partition coefficient (Wildman–Crippen LogP) is 4.74. The number of carbonyl (C=O) groups is 2.